The fraction of sp³-hybridized carbons (Fsp3) is 0.583. The molecule has 7 heteroatoms. The Balaban J connectivity index is 4.06. The van der Waals surface area contributed by atoms with Crippen molar-refractivity contribution in [3.05, 3.63) is 0 Å². The quantitative estimate of drug-likeness (QED) is 0.266. The second-order valence-electron chi connectivity index (χ2n) is 6.87. The zero-order valence-electron chi connectivity index (χ0n) is 18.5. The Morgan fingerprint density at radius 3 is 1.65 bits per heavy atom. The fourth-order valence-corrected chi connectivity index (χ4v) is 2.39. The Hall–Kier alpha value is -2.94. The molecule has 2 atom stereocenters. The van der Waals surface area contributed by atoms with Gasteiger partial charge in [0.1, 0.15) is 12.7 Å². The predicted molar refractivity (Wildman–Crippen MR) is 119 cm³/mol. The van der Waals surface area contributed by atoms with E-state index in [2.05, 4.69) is 23.7 Å². The van der Waals surface area contributed by atoms with Gasteiger partial charge >= 0.3 is 11.9 Å². The van der Waals surface area contributed by atoms with E-state index in [4.69, 9.17) is 39.9 Å². The van der Waals surface area contributed by atoms with Gasteiger partial charge in [0.2, 0.25) is 0 Å². The first kappa shape index (κ1) is 28.1. The Morgan fingerprint density at radius 1 is 0.742 bits per heavy atom. The van der Waals surface area contributed by atoms with Crippen molar-refractivity contribution >= 4 is 11.9 Å². The van der Waals surface area contributed by atoms with E-state index in [1.165, 1.54) is 0 Å². The van der Waals surface area contributed by atoms with E-state index >= 15 is 0 Å². The SMILES string of the molecule is C#CCN(CC#C)CCC(=O)OCC(C)OCC(C)OC(=O)CCN(CC#C)CC#C. The average Bonchev–Trinajstić information content (AvgIpc) is 2.73. The smallest absolute Gasteiger partial charge is 0.307 e. The first-order valence-electron chi connectivity index (χ1n) is 10.0. The average molecular weight is 429 g/mol. The van der Waals surface area contributed by atoms with E-state index in [1.807, 2.05) is 0 Å². The normalized spacial score (nSPS) is 12.1. The lowest BCUT2D eigenvalue weighted by atomic mass is 10.3. The lowest BCUT2D eigenvalue weighted by molar-refractivity contribution is -0.154. The minimum Gasteiger partial charge on any atom is -0.463 e. The zero-order chi connectivity index (χ0) is 23.5. The van der Waals surface area contributed by atoms with Gasteiger partial charge in [-0.2, -0.15) is 0 Å². The van der Waals surface area contributed by atoms with E-state index in [1.54, 1.807) is 23.6 Å². The first-order chi connectivity index (χ1) is 14.9. The largest absolute Gasteiger partial charge is 0.463 e. The number of rotatable bonds is 16. The summed E-state index contributed by atoms with van der Waals surface area (Å²) in [6.45, 7) is 6.11. The molecule has 0 aliphatic carbocycles. The van der Waals surface area contributed by atoms with Crippen molar-refractivity contribution in [3.63, 3.8) is 0 Å². The van der Waals surface area contributed by atoms with Gasteiger partial charge in [-0.05, 0) is 13.8 Å². The maximum Gasteiger partial charge on any atom is 0.307 e. The van der Waals surface area contributed by atoms with Crippen LogP contribution in [-0.2, 0) is 23.8 Å². The van der Waals surface area contributed by atoms with Gasteiger partial charge in [0, 0.05) is 13.1 Å². The van der Waals surface area contributed by atoms with Crippen molar-refractivity contribution in [1.29, 1.82) is 0 Å². The van der Waals surface area contributed by atoms with Crippen molar-refractivity contribution in [2.45, 2.75) is 38.9 Å². The molecular formula is C24H32N2O5. The third-order valence-electron chi connectivity index (χ3n) is 3.95. The van der Waals surface area contributed by atoms with Crippen LogP contribution in [0.3, 0.4) is 0 Å². The summed E-state index contributed by atoms with van der Waals surface area (Å²) in [5.41, 5.74) is 0. The number of terminal acetylenes is 4. The van der Waals surface area contributed by atoms with Gasteiger partial charge in [-0.3, -0.25) is 19.4 Å². The molecule has 7 nitrogen and oxygen atoms in total. The predicted octanol–water partition coefficient (Wildman–Crippen LogP) is 0.783. The summed E-state index contributed by atoms with van der Waals surface area (Å²) in [6, 6.07) is 0. The molecule has 31 heavy (non-hydrogen) atoms. The molecule has 2 unspecified atom stereocenters. The lowest BCUT2D eigenvalue weighted by Crippen LogP contribution is -2.30. The third kappa shape index (κ3) is 15.5. The summed E-state index contributed by atoms with van der Waals surface area (Å²) in [7, 11) is 0. The minimum absolute atomic E-state index is 0.0942. The Kier molecular flexibility index (Phi) is 16.2. The van der Waals surface area contributed by atoms with Crippen LogP contribution in [0, 0.1) is 49.4 Å². The molecule has 0 N–H and O–H groups in total. The first-order valence-corrected chi connectivity index (χ1v) is 10.0. The second-order valence-corrected chi connectivity index (χ2v) is 6.87. The highest BCUT2D eigenvalue weighted by Gasteiger charge is 2.15. The van der Waals surface area contributed by atoms with Gasteiger partial charge in [0.15, 0.2) is 0 Å². The number of hydrogen-bond acceptors (Lipinski definition) is 7. The van der Waals surface area contributed by atoms with Crippen LogP contribution in [0.25, 0.3) is 0 Å². The van der Waals surface area contributed by atoms with Gasteiger partial charge < -0.3 is 14.2 Å². The van der Waals surface area contributed by atoms with Gasteiger partial charge in [-0.1, -0.05) is 23.7 Å². The highest BCUT2D eigenvalue weighted by molar-refractivity contribution is 5.70. The minimum atomic E-state index is -0.444. The molecule has 168 valence electrons. The molecule has 0 saturated heterocycles. The highest BCUT2D eigenvalue weighted by atomic mass is 16.6. The Morgan fingerprint density at radius 2 is 1.19 bits per heavy atom. The highest BCUT2D eigenvalue weighted by Crippen LogP contribution is 2.02. The second kappa shape index (κ2) is 17.9. The zero-order valence-corrected chi connectivity index (χ0v) is 18.5. The van der Waals surface area contributed by atoms with E-state index in [0.29, 0.717) is 39.3 Å². The molecule has 0 aromatic rings. The maximum absolute atomic E-state index is 11.9. The summed E-state index contributed by atoms with van der Waals surface area (Å²) in [6.07, 6.45) is 20.6. The van der Waals surface area contributed by atoms with Crippen molar-refractivity contribution in [1.82, 2.24) is 9.80 Å². The molecule has 0 spiro atoms. The van der Waals surface area contributed by atoms with Crippen LogP contribution in [0.4, 0.5) is 0 Å². The van der Waals surface area contributed by atoms with Gasteiger partial charge in [-0.15, -0.1) is 25.7 Å². The summed E-state index contributed by atoms with van der Waals surface area (Å²) >= 11 is 0. The fourth-order valence-electron chi connectivity index (χ4n) is 2.39. The van der Waals surface area contributed by atoms with Crippen LogP contribution in [-0.4, -0.2) is 86.4 Å². The summed E-state index contributed by atoms with van der Waals surface area (Å²) < 4.78 is 16.1. The number of ether oxygens (including phenoxy) is 3. The number of esters is 2. The molecule has 0 bridgehead atoms. The van der Waals surface area contributed by atoms with Crippen LogP contribution in [0.15, 0.2) is 0 Å². The molecule has 0 heterocycles. The van der Waals surface area contributed by atoms with Crippen molar-refractivity contribution in [2.24, 2.45) is 0 Å². The topological polar surface area (TPSA) is 68.3 Å². The van der Waals surface area contributed by atoms with E-state index in [0.717, 1.165) is 0 Å². The summed E-state index contributed by atoms with van der Waals surface area (Å²) in [5, 5.41) is 0. The van der Waals surface area contributed by atoms with E-state index in [-0.39, 0.29) is 44.1 Å². The molecule has 0 aliphatic rings. The third-order valence-corrected chi connectivity index (χ3v) is 3.95. The van der Waals surface area contributed by atoms with Crippen LogP contribution >= 0.6 is 0 Å². The summed E-state index contributed by atoms with van der Waals surface area (Å²) in [4.78, 5) is 27.4. The van der Waals surface area contributed by atoms with Gasteiger partial charge in [0.05, 0.1) is 51.7 Å². The molecule has 0 aromatic carbocycles. The Bertz CT molecular complexity index is 675. The molecule has 0 fully saturated rings. The van der Waals surface area contributed by atoms with Gasteiger partial charge in [-0.25, -0.2) is 0 Å². The molecule has 0 rings (SSSR count). The molecule has 0 radical (unpaired) electrons. The number of carbonyl (C=O) groups is 2. The number of hydrogen-bond donors (Lipinski definition) is 0. The van der Waals surface area contributed by atoms with Gasteiger partial charge in [0.25, 0.3) is 0 Å². The monoisotopic (exact) mass is 428 g/mol. The van der Waals surface area contributed by atoms with Crippen molar-refractivity contribution < 1.29 is 23.8 Å². The number of carbonyl (C=O) groups excluding carboxylic acids is 2. The molecule has 0 saturated carbocycles. The number of nitrogens with zero attached hydrogens (tertiary/aromatic N) is 2. The van der Waals surface area contributed by atoms with E-state index in [9.17, 15) is 9.59 Å². The van der Waals surface area contributed by atoms with Crippen LogP contribution < -0.4 is 0 Å². The molecule has 0 amide bonds. The van der Waals surface area contributed by atoms with E-state index < -0.39 is 6.10 Å². The summed E-state index contributed by atoms with van der Waals surface area (Å²) in [5.74, 6) is 9.26. The molecule has 0 aliphatic heterocycles. The Labute approximate surface area is 186 Å². The van der Waals surface area contributed by atoms with Crippen LogP contribution in [0.5, 0.6) is 0 Å². The van der Waals surface area contributed by atoms with Crippen LogP contribution in [0.2, 0.25) is 0 Å². The van der Waals surface area contributed by atoms with Crippen molar-refractivity contribution in [2.75, 3.05) is 52.5 Å². The van der Waals surface area contributed by atoms with Crippen molar-refractivity contribution in [3.8, 4) is 49.4 Å². The lowest BCUT2D eigenvalue weighted by Gasteiger charge is -2.20. The van der Waals surface area contributed by atoms with Crippen LogP contribution in [0.1, 0.15) is 26.7 Å². The standard InChI is InChI=1S/C24H32N2O5/c1-7-13-25(14-8-2)17-11-23(27)30-19-21(5)29-20-22(6)31-24(28)12-18-26(15-9-3)16-10-4/h1-4,21-22H,11-20H2,5-6H3. The molecule has 0 aromatic heterocycles. The molecular weight excluding hydrogens is 396 g/mol. The maximum atomic E-state index is 11.9.